The highest BCUT2D eigenvalue weighted by molar-refractivity contribution is 5.95. The van der Waals surface area contributed by atoms with Crippen LogP contribution in [-0.4, -0.2) is 277 Å². The van der Waals surface area contributed by atoms with Crippen molar-refractivity contribution < 1.29 is 14.5 Å². The molecular weight excluding hydrogens is 1780 g/mol. The quantitative estimate of drug-likeness (QED) is 0.0405. The summed E-state index contributed by atoms with van der Waals surface area (Å²) < 4.78 is 0. The molecule has 29 heteroatoms. The van der Waals surface area contributed by atoms with E-state index in [9.17, 15) is 0 Å². The second kappa shape index (κ2) is 38.8. The van der Waals surface area contributed by atoms with Crippen LogP contribution in [0.3, 0.4) is 0 Å². The van der Waals surface area contributed by atoms with E-state index >= 15 is 0 Å². The van der Waals surface area contributed by atoms with Gasteiger partial charge in [-0.15, -0.1) is 15.3 Å². The molecule has 29 nitrogen and oxygen atoms in total. The average molecular weight is 2000 g/mol. The van der Waals surface area contributed by atoms with Gasteiger partial charge in [-0.25, -0.2) is 30.8 Å². The van der Waals surface area contributed by atoms with Crippen LogP contribution in [0.25, 0.3) is 0 Å². The highest BCUT2D eigenvalue weighted by atomic mass is 16.8. The summed E-state index contributed by atoms with van der Waals surface area (Å²) in [6.45, 7) is 108. The first-order valence-corrected chi connectivity index (χ1v) is 56.6. The van der Waals surface area contributed by atoms with E-state index in [0.717, 1.165) is 189 Å². The Bertz CT molecular complexity index is 4150. The van der Waals surface area contributed by atoms with Crippen LogP contribution in [0.2, 0.25) is 0 Å². The third kappa shape index (κ3) is 30.4. The van der Waals surface area contributed by atoms with Crippen molar-refractivity contribution in [1.82, 2.24) is 120 Å². The molecule has 11 fully saturated rings. The van der Waals surface area contributed by atoms with Gasteiger partial charge in [0.05, 0.1) is 18.3 Å². The van der Waals surface area contributed by atoms with Crippen LogP contribution in [0.15, 0.2) is 51.0 Å². The lowest BCUT2D eigenvalue weighted by Crippen LogP contribution is -2.68. The fraction of sp³-hybridized carbons (Fsp3) is 0.921. The van der Waals surface area contributed by atoms with Crippen molar-refractivity contribution in [3.05, 3.63) is 35.7 Å². The zero-order valence-corrected chi connectivity index (χ0v) is 99.5. The molecule has 0 radical (unpaired) electrons. The highest BCUT2D eigenvalue weighted by Crippen LogP contribution is 2.48. The molecule has 0 unspecified atom stereocenters. The Kier molecular flexibility index (Phi) is 30.9. The van der Waals surface area contributed by atoms with Crippen molar-refractivity contribution in [1.29, 1.82) is 0 Å². The van der Waals surface area contributed by atoms with Crippen LogP contribution in [0.1, 0.15) is 459 Å². The number of hydrazine groups is 3. The fourth-order valence-electron chi connectivity index (χ4n) is 33.5. The summed E-state index contributed by atoms with van der Waals surface area (Å²) in [5, 5.41) is 68.7. The van der Waals surface area contributed by atoms with E-state index < -0.39 is 0 Å². The zero-order chi connectivity index (χ0) is 106. The summed E-state index contributed by atoms with van der Waals surface area (Å²) in [6, 6.07) is 1.13. The van der Waals surface area contributed by atoms with Gasteiger partial charge in [0.1, 0.15) is 17.5 Å². The molecule has 0 atom stereocenters. The number of piperidine rings is 11. The number of amidine groups is 3. The van der Waals surface area contributed by atoms with Gasteiger partial charge >= 0.3 is 0 Å². The molecule has 0 aromatic heterocycles. The summed E-state index contributed by atoms with van der Waals surface area (Å²) in [4.78, 5) is 39.7. The number of hydrogen-bond donors (Lipinski definition) is 14. The first-order valence-electron chi connectivity index (χ1n) is 56.6. The van der Waals surface area contributed by atoms with Crippen molar-refractivity contribution in [2.45, 2.75) is 647 Å². The molecule has 14 rings (SSSR count). The molecule has 14 N–H and O–H groups in total. The van der Waals surface area contributed by atoms with Crippen LogP contribution < -0.4 is 74.8 Å². The molecule has 14 aliphatic heterocycles. The molecule has 0 aromatic carbocycles. The fourth-order valence-corrected chi connectivity index (χ4v) is 33.5. The van der Waals surface area contributed by atoms with Crippen molar-refractivity contribution in [3.8, 4) is 0 Å². The van der Waals surface area contributed by atoms with Crippen molar-refractivity contribution in [2.24, 2.45) is 15.3 Å². The Labute approximate surface area is 871 Å². The van der Waals surface area contributed by atoms with Gasteiger partial charge in [0.15, 0.2) is 17.5 Å². The van der Waals surface area contributed by atoms with E-state index in [1.54, 1.807) is 0 Å². The predicted molar refractivity (Wildman–Crippen MR) is 592 cm³/mol. The number of hydrogen-bond acceptors (Lipinski definition) is 29. The van der Waals surface area contributed by atoms with Gasteiger partial charge in [-0.1, -0.05) is 15.8 Å². The van der Waals surface area contributed by atoms with E-state index in [1.165, 1.54) is 0 Å². The standard InChI is InChI=1S/C114H216N26O3/c1-93(2)54-76(55-94(3,4)121-93)133(88-52-91(119-139(116-88)142-85-72-111(37,38)130-112(39,40)73-85)136(80-62-101(17,18)125-102(19,20)63-80)81-64-103(21,22)126-104(23,24)65-81)49-45-47-132(87-51-90(118-138(115-87)141-84-70-109(33,34)129-110(35,36)71-84)135(78-58-97(9,10)123-98(11,12)59-78)79-60-99(13,14)124-100(15,16)61-79)48-46-50-134(77-56-95(5,6)122-96(7,8)57-77)89-53-92(120-140(117-89)143-86-74-113(41,42)131-114(43,44)75-86)137(82-66-105(25,26)127-106(27,28)67-82)83-68-107(29,30)128-108(31,32)69-83/h51-53,76-86,118-131H,45-50,54-75H2,1-44H3. The molecule has 0 aliphatic carbocycles. The second-order valence-corrected chi connectivity index (χ2v) is 63.1. The van der Waals surface area contributed by atoms with E-state index in [0.29, 0.717) is 26.2 Å². The predicted octanol–water partition coefficient (Wildman–Crippen LogP) is 17.7. The maximum Gasteiger partial charge on any atom is 0.157 e. The second-order valence-electron chi connectivity index (χ2n) is 63.1. The van der Waals surface area contributed by atoms with Crippen LogP contribution in [0.5, 0.6) is 0 Å². The summed E-state index contributed by atoms with van der Waals surface area (Å²) in [5.74, 6) is 5.88. The van der Waals surface area contributed by atoms with Crippen LogP contribution in [0.4, 0.5) is 0 Å². The first-order chi connectivity index (χ1) is 64.6. The SMILES string of the molecule is CC1(C)CC(ON2N=C(N(CCCN(C3=NN(OC4CC(C)(C)NC(C)(C)C4)NC(N(C4CC(C)(C)NC(C)(C)C4)C4CC(C)(C)NC(C)(C)C4)=C3)C3CC(C)(C)NC(C)(C)C3)CCCN(C3=NN(OC4CC(C)(C)NC(C)(C)C4)NC(N(C4CC(C)(C)NC(C)(C)C4)C4CC(C)(C)NC(C)(C)C4)=C3)C3CC(C)(C)NC(C)(C)C3)C=C(N(C3CC(C)(C)NC(C)(C)C3)C3CC(C)(C)NC(C)(C)C3)N2)CC(C)(C)N1. The van der Waals surface area contributed by atoms with E-state index in [1.807, 2.05) is 15.8 Å². The van der Waals surface area contributed by atoms with Crippen molar-refractivity contribution in [3.63, 3.8) is 0 Å². The maximum atomic E-state index is 7.71. The topological polar surface area (TPSA) is 262 Å². The number of nitrogens with zero attached hydrogens (tertiary/aromatic N) is 12. The maximum absolute atomic E-state index is 7.71. The van der Waals surface area contributed by atoms with Gasteiger partial charge in [-0.05, 0) is 459 Å². The van der Waals surface area contributed by atoms with Crippen LogP contribution >= 0.6 is 0 Å². The van der Waals surface area contributed by atoms with Crippen LogP contribution in [-0.2, 0) is 14.5 Å². The third-order valence-corrected chi connectivity index (χ3v) is 33.2. The number of rotatable bonds is 25. The summed E-state index contributed by atoms with van der Waals surface area (Å²) in [7, 11) is 0. The normalized spacial score (nSPS) is 30.2. The monoisotopic (exact) mass is 2000 g/mol. The zero-order valence-electron chi connectivity index (χ0n) is 99.5. The van der Waals surface area contributed by atoms with Gasteiger partial charge in [0.25, 0.3) is 0 Å². The minimum absolute atomic E-state index is 0.0729. The molecule has 0 bridgehead atoms. The van der Waals surface area contributed by atoms with Gasteiger partial charge < -0.3 is 87.9 Å². The Morgan fingerprint density at radius 3 is 0.531 bits per heavy atom. The van der Waals surface area contributed by atoms with E-state index in [2.05, 4.69) is 427 Å². The highest BCUT2D eigenvalue weighted by Gasteiger charge is 2.56. The average Bonchev–Trinajstić information content (AvgIpc) is 0.752. The lowest BCUT2D eigenvalue weighted by Gasteiger charge is -2.57. The summed E-state index contributed by atoms with van der Waals surface area (Å²) in [5.41, 5.74) is 8.40. The van der Waals surface area contributed by atoms with Gasteiger partial charge in [0, 0.05) is 215 Å². The Hall–Kier alpha value is -4.73. The molecule has 14 heterocycles. The van der Waals surface area contributed by atoms with Crippen molar-refractivity contribution in [2.75, 3.05) is 26.2 Å². The minimum Gasteiger partial charge on any atom is -0.355 e. The molecule has 14 aliphatic rings. The minimum atomic E-state index is -0.217. The molecule has 0 spiro atoms. The number of nitrogens with one attached hydrogen (secondary N) is 14. The Morgan fingerprint density at radius 1 is 0.210 bits per heavy atom. The molecule has 0 saturated carbocycles. The van der Waals surface area contributed by atoms with E-state index in [-0.39, 0.29) is 189 Å². The summed E-state index contributed by atoms with van der Waals surface area (Å²) >= 11 is 0. The molecular formula is C114H216N26O3. The molecule has 0 aromatic rings. The lowest BCUT2D eigenvalue weighted by atomic mass is 9.75. The lowest BCUT2D eigenvalue weighted by molar-refractivity contribution is -0.246. The van der Waals surface area contributed by atoms with Gasteiger partial charge in [0.2, 0.25) is 0 Å². The number of hydrazone groups is 3. The Balaban J connectivity index is 0.959. The van der Waals surface area contributed by atoms with E-state index in [4.69, 9.17) is 29.8 Å². The first kappa shape index (κ1) is 114. The van der Waals surface area contributed by atoms with Crippen molar-refractivity contribution >= 4 is 17.5 Å². The summed E-state index contributed by atoms with van der Waals surface area (Å²) in [6.07, 6.45) is 28.5. The molecule has 0 amide bonds. The largest absolute Gasteiger partial charge is 0.355 e. The Morgan fingerprint density at radius 2 is 0.357 bits per heavy atom. The third-order valence-electron chi connectivity index (χ3n) is 33.2. The molecule has 11 saturated heterocycles. The van der Waals surface area contributed by atoms with Gasteiger partial charge in [-0.3, -0.25) is 0 Å². The molecule has 820 valence electrons. The smallest absolute Gasteiger partial charge is 0.157 e. The van der Waals surface area contributed by atoms with Gasteiger partial charge in [-0.2, -0.15) is 0 Å². The molecule has 143 heavy (non-hydrogen) atoms. The van der Waals surface area contributed by atoms with Crippen LogP contribution in [0, 0.1) is 0 Å².